The second-order valence-corrected chi connectivity index (χ2v) is 8.41. The van der Waals surface area contributed by atoms with Crippen LogP contribution in [-0.4, -0.2) is 57.1 Å². The molecule has 4 heterocycles. The van der Waals surface area contributed by atoms with Crippen molar-refractivity contribution in [2.24, 2.45) is 0 Å². The highest BCUT2D eigenvalue weighted by molar-refractivity contribution is 7.13. The smallest absolute Gasteiger partial charge is 0.226 e. The van der Waals surface area contributed by atoms with E-state index in [1.165, 1.54) is 25.7 Å². The largest absolute Gasteiger partial charge is 0.338 e. The van der Waals surface area contributed by atoms with E-state index in [0.29, 0.717) is 0 Å². The molecule has 0 atom stereocenters. The fourth-order valence-electron chi connectivity index (χ4n) is 4.31. The highest BCUT2D eigenvalue weighted by Crippen LogP contribution is 2.33. The van der Waals surface area contributed by atoms with Gasteiger partial charge in [0.1, 0.15) is 0 Å². The van der Waals surface area contributed by atoms with Crippen molar-refractivity contribution in [2.45, 2.75) is 31.7 Å². The third kappa shape index (κ3) is 3.52. The third-order valence-corrected chi connectivity index (χ3v) is 6.68. The van der Waals surface area contributed by atoms with Gasteiger partial charge in [0.2, 0.25) is 5.95 Å². The zero-order chi connectivity index (χ0) is 18.8. The molecule has 1 saturated heterocycles. The van der Waals surface area contributed by atoms with Crippen LogP contribution in [0.15, 0.2) is 42.3 Å². The predicted octanol–water partition coefficient (Wildman–Crippen LogP) is 3.73. The van der Waals surface area contributed by atoms with E-state index in [1.54, 1.807) is 29.9 Å². The molecule has 7 heteroatoms. The summed E-state index contributed by atoms with van der Waals surface area (Å²) < 4.78 is 0. The Labute approximate surface area is 169 Å². The number of aromatic nitrogens is 4. The van der Waals surface area contributed by atoms with E-state index in [0.717, 1.165) is 60.0 Å². The lowest BCUT2D eigenvalue weighted by Gasteiger charge is -2.38. The molecule has 5 rings (SSSR count). The Morgan fingerprint density at radius 1 is 0.964 bits per heavy atom. The van der Waals surface area contributed by atoms with Gasteiger partial charge in [-0.15, -0.1) is 11.3 Å². The third-order valence-electron chi connectivity index (χ3n) is 5.81. The van der Waals surface area contributed by atoms with E-state index in [2.05, 4.69) is 37.3 Å². The number of nitrogens with zero attached hydrogens (tertiary/aromatic N) is 6. The first-order valence-electron chi connectivity index (χ1n) is 10.0. The molecule has 144 valence electrons. The first-order chi connectivity index (χ1) is 13.9. The predicted molar refractivity (Wildman–Crippen MR) is 112 cm³/mol. The second-order valence-electron chi connectivity index (χ2n) is 7.46. The summed E-state index contributed by atoms with van der Waals surface area (Å²) in [7, 11) is 0. The van der Waals surface area contributed by atoms with Crippen LogP contribution in [0.3, 0.4) is 0 Å². The van der Waals surface area contributed by atoms with Gasteiger partial charge in [0.25, 0.3) is 0 Å². The number of thiophene rings is 1. The van der Waals surface area contributed by atoms with Gasteiger partial charge in [-0.3, -0.25) is 14.9 Å². The fraction of sp³-hybridized carbons (Fsp3) is 0.429. The monoisotopic (exact) mass is 392 g/mol. The van der Waals surface area contributed by atoms with Gasteiger partial charge in [0.05, 0.1) is 22.5 Å². The molecular weight excluding hydrogens is 368 g/mol. The molecule has 6 nitrogen and oxygen atoms in total. The van der Waals surface area contributed by atoms with E-state index in [9.17, 15) is 0 Å². The van der Waals surface area contributed by atoms with Crippen LogP contribution in [0.25, 0.3) is 21.8 Å². The van der Waals surface area contributed by atoms with Crippen LogP contribution < -0.4 is 4.90 Å². The van der Waals surface area contributed by atoms with Crippen LogP contribution >= 0.6 is 11.3 Å². The summed E-state index contributed by atoms with van der Waals surface area (Å²) in [6.45, 7) is 4.19. The lowest BCUT2D eigenvalue weighted by Crippen LogP contribution is -2.50. The summed E-state index contributed by atoms with van der Waals surface area (Å²) in [5, 5.41) is 2.08. The molecular formula is C21H24N6S. The van der Waals surface area contributed by atoms with Gasteiger partial charge in [-0.05, 0) is 24.3 Å². The molecule has 1 aliphatic carbocycles. The average Bonchev–Trinajstić information content (AvgIpc) is 3.48. The Kier molecular flexibility index (Phi) is 5.01. The molecule has 0 unspecified atom stereocenters. The van der Waals surface area contributed by atoms with Gasteiger partial charge in [0, 0.05) is 56.4 Å². The molecule has 3 aromatic heterocycles. The van der Waals surface area contributed by atoms with Crippen LogP contribution in [0.2, 0.25) is 0 Å². The average molecular weight is 393 g/mol. The minimum Gasteiger partial charge on any atom is -0.338 e. The molecule has 0 bridgehead atoms. The molecule has 0 radical (unpaired) electrons. The van der Waals surface area contributed by atoms with Crippen molar-refractivity contribution in [3.8, 4) is 21.8 Å². The Bertz CT molecular complexity index is 900. The number of piperazine rings is 1. The van der Waals surface area contributed by atoms with Crippen molar-refractivity contribution in [3.63, 3.8) is 0 Å². The van der Waals surface area contributed by atoms with E-state index in [-0.39, 0.29) is 0 Å². The maximum Gasteiger partial charge on any atom is 0.226 e. The summed E-state index contributed by atoms with van der Waals surface area (Å²) in [5.74, 6) is 0.821. The topological polar surface area (TPSA) is 58.0 Å². The minimum absolute atomic E-state index is 0.795. The Hall–Kier alpha value is -2.38. The van der Waals surface area contributed by atoms with Gasteiger partial charge >= 0.3 is 0 Å². The molecule has 3 aromatic rings. The van der Waals surface area contributed by atoms with E-state index >= 15 is 0 Å². The van der Waals surface area contributed by atoms with E-state index < -0.39 is 0 Å². The van der Waals surface area contributed by atoms with E-state index in [1.807, 2.05) is 6.20 Å². The van der Waals surface area contributed by atoms with Crippen molar-refractivity contribution < 1.29 is 0 Å². The number of anilines is 1. The highest BCUT2D eigenvalue weighted by atomic mass is 32.1. The summed E-state index contributed by atoms with van der Waals surface area (Å²) in [6.07, 6.45) is 12.6. The molecule has 0 N–H and O–H groups in total. The van der Waals surface area contributed by atoms with Crippen LogP contribution in [0, 0.1) is 0 Å². The number of hydrogen-bond acceptors (Lipinski definition) is 7. The summed E-state index contributed by atoms with van der Waals surface area (Å²) in [4.78, 5) is 24.5. The van der Waals surface area contributed by atoms with E-state index in [4.69, 9.17) is 9.97 Å². The summed E-state index contributed by atoms with van der Waals surface area (Å²) in [6, 6.07) is 4.96. The Morgan fingerprint density at radius 2 is 1.82 bits per heavy atom. The fourth-order valence-corrected chi connectivity index (χ4v) is 5.04. The van der Waals surface area contributed by atoms with Crippen LogP contribution in [0.5, 0.6) is 0 Å². The van der Waals surface area contributed by atoms with Crippen molar-refractivity contribution in [1.29, 1.82) is 0 Å². The van der Waals surface area contributed by atoms with Crippen molar-refractivity contribution in [2.75, 3.05) is 31.1 Å². The molecule has 28 heavy (non-hydrogen) atoms. The summed E-state index contributed by atoms with van der Waals surface area (Å²) in [5.41, 5.74) is 2.69. The highest BCUT2D eigenvalue weighted by Gasteiger charge is 2.27. The molecule has 1 saturated carbocycles. The number of hydrogen-bond donors (Lipinski definition) is 0. The molecule has 1 aliphatic heterocycles. The summed E-state index contributed by atoms with van der Waals surface area (Å²) >= 11 is 1.69. The van der Waals surface area contributed by atoms with Crippen molar-refractivity contribution in [1.82, 2.24) is 24.8 Å². The maximum absolute atomic E-state index is 4.98. The van der Waals surface area contributed by atoms with Crippen LogP contribution in [0.1, 0.15) is 25.7 Å². The first-order valence-corrected chi connectivity index (χ1v) is 10.9. The van der Waals surface area contributed by atoms with Gasteiger partial charge in [0.15, 0.2) is 0 Å². The van der Waals surface area contributed by atoms with Gasteiger partial charge < -0.3 is 4.90 Å². The lowest BCUT2D eigenvalue weighted by molar-refractivity contribution is 0.187. The van der Waals surface area contributed by atoms with Crippen molar-refractivity contribution in [3.05, 3.63) is 42.3 Å². The molecule has 0 aromatic carbocycles. The zero-order valence-corrected chi connectivity index (χ0v) is 16.7. The van der Waals surface area contributed by atoms with Gasteiger partial charge in [-0.2, -0.15) is 0 Å². The molecule has 2 aliphatic rings. The van der Waals surface area contributed by atoms with Crippen LogP contribution in [-0.2, 0) is 0 Å². The van der Waals surface area contributed by atoms with Crippen LogP contribution in [0.4, 0.5) is 5.95 Å². The minimum atomic E-state index is 0.795. The Balaban J connectivity index is 1.41. The normalized spacial score (nSPS) is 18.6. The maximum atomic E-state index is 4.98. The SMILES string of the molecule is c1csc(-c2nc(N3CCN(C4CCCC4)CC3)ncc2-c2cnccn2)c1. The van der Waals surface area contributed by atoms with Gasteiger partial charge in [-0.1, -0.05) is 18.9 Å². The Morgan fingerprint density at radius 3 is 2.54 bits per heavy atom. The molecule has 0 spiro atoms. The zero-order valence-electron chi connectivity index (χ0n) is 15.9. The number of rotatable bonds is 4. The van der Waals surface area contributed by atoms with Crippen molar-refractivity contribution >= 4 is 17.3 Å². The second kappa shape index (κ2) is 7.93. The standard InChI is InChI=1S/C21H24N6S/c1-2-5-16(4-1)26-9-11-27(12-10-26)21-24-14-17(18-15-22-7-8-23-18)20(25-21)19-6-3-13-28-19/h3,6-8,13-16H,1-2,4-5,9-12H2. The lowest BCUT2D eigenvalue weighted by atomic mass is 10.1. The van der Waals surface area contributed by atoms with Gasteiger partial charge in [-0.25, -0.2) is 9.97 Å². The first kappa shape index (κ1) is 17.7. The molecule has 0 amide bonds. The molecule has 2 fully saturated rings. The quantitative estimate of drug-likeness (QED) is 0.674.